The Morgan fingerprint density at radius 1 is 1.50 bits per heavy atom. The Bertz CT molecular complexity index is 307. The maximum absolute atomic E-state index is 11.2. The number of rotatable bonds is 4. The van der Waals surface area contributed by atoms with Crippen molar-refractivity contribution in [3.05, 3.63) is 31.2 Å². The van der Waals surface area contributed by atoms with Gasteiger partial charge < -0.3 is 9.84 Å². The minimum absolute atomic E-state index is 0.0902. The van der Waals surface area contributed by atoms with Gasteiger partial charge in [-0.1, -0.05) is 19.4 Å². The zero-order valence-electron chi connectivity index (χ0n) is 7.90. The Morgan fingerprint density at radius 3 is 2.93 bits per heavy atom. The van der Waals surface area contributed by atoms with Gasteiger partial charge in [-0.3, -0.25) is 4.79 Å². The molecule has 0 atom stereocenters. The second kappa shape index (κ2) is 5.27. The largest absolute Gasteiger partial charge is 0.508 e. The topological polar surface area (TPSA) is 46.5 Å². The van der Waals surface area contributed by atoms with Crippen LogP contribution in [0, 0.1) is 6.92 Å². The maximum Gasteiger partial charge on any atom is 0.311 e. The van der Waals surface area contributed by atoms with Crippen LogP contribution >= 0.6 is 0 Å². The molecule has 0 bridgehead atoms. The molecule has 0 aliphatic rings. The van der Waals surface area contributed by atoms with E-state index in [0.717, 1.165) is 12.8 Å². The van der Waals surface area contributed by atoms with E-state index in [1.807, 2.05) is 0 Å². The first-order valence-electron chi connectivity index (χ1n) is 4.51. The number of aromatic hydroxyl groups is 1. The number of ether oxygens (including phenoxy) is 1. The molecule has 0 unspecified atom stereocenters. The molecule has 1 radical (unpaired) electrons. The summed E-state index contributed by atoms with van der Waals surface area (Å²) in [6.07, 6.45) is 1.80. The van der Waals surface area contributed by atoms with Crippen LogP contribution in [0.1, 0.15) is 19.3 Å². The van der Waals surface area contributed by atoms with Crippen molar-refractivity contribution in [1.82, 2.24) is 0 Å². The van der Waals surface area contributed by atoms with Crippen molar-refractivity contribution in [2.45, 2.75) is 19.3 Å². The Labute approximate surface area is 83.3 Å². The van der Waals surface area contributed by atoms with E-state index in [2.05, 4.69) is 6.92 Å². The molecule has 0 spiro atoms. The second-order valence-electron chi connectivity index (χ2n) is 2.93. The molecule has 1 N–H and O–H groups in total. The third-order valence-electron chi connectivity index (χ3n) is 1.68. The van der Waals surface area contributed by atoms with Crippen molar-refractivity contribution in [3.63, 3.8) is 0 Å². The fourth-order valence-corrected chi connectivity index (χ4v) is 0.999. The van der Waals surface area contributed by atoms with Crippen molar-refractivity contribution in [2.75, 3.05) is 0 Å². The summed E-state index contributed by atoms with van der Waals surface area (Å²) >= 11 is 0. The average Bonchev–Trinajstić information content (AvgIpc) is 2.15. The second-order valence-corrected chi connectivity index (χ2v) is 2.93. The molecule has 0 saturated carbocycles. The van der Waals surface area contributed by atoms with Crippen molar-refractivity contribution in [3.8, 4) is 11.5 Å². The maximum atomic E-state index is 11.2. The van der Waals surface area contributed by atoms with Crippen molar-refractivity contribution < 1.29 is 14.6 Å². The molecule has 3 heteroatoms. The zero-order valence-corrected chi connectivity index (χ0v) is 7.90. The van der Waals surface area contributed by atoms with E-state index in [1.54, 1.807) is 12.1 Å². The predicted molar refractivity (Wildman–Crippen MR) is 52.9 cm³/mol. The lowest BCUT2D eigenvalue weighted by atomic mass is 10.2. The van der Waals surface area contributed by atoms with Crippen LogP contribution in [-0.2, 0) is 4.79 Å². The highest BCUT2D eigenvalue weighted by molar-refractivity contribution is 5.72. The summed E-state index contributed by atoms with van der Waals surface area (Å²) in [7, 11) is 0. The predicted octanol–water partition coefficient (Wildman–Crippen LogP) is 2.30. The van der Waals surface area contributed by atoms with Crippen LogP contribution in [0.5, 0.6) is 11.5 Å². The first-order valence-corrected chi connectivity index (χ1v) is 4.51. The van der Waals surface area contributed by atoms with Crippen LogP contribution in [0.25, 0.3) is 0 Å². The van der Waals surface area contributed by atoms with Gasteiger partial charge in [-0.2, -0.15) is 0 Å². The van der Waals surface area contributed by atoms with Gasteiger partial charge in [-0.15, -0.1) is 0 Å². The summed E-state index contributed by atoms with van der Waals surface area (Å²) < 4.78 is 4.97. The van der Waals surface area contributed by atoms with Crippen molar-refractivity contribution in [1.29, 1.82) is 0 Å². The number of esters is 1. The van der Waals surface area contributed by atoms with Gasteiger partial charge in [0.15, 0.2) is 0 Å². The number of phenols is 1. The molecule has 3 nitrogen and oxygen atoms in total. The van der Waals surface area contributed by atoms with E-state index in [-0.39, 0.29) is 11.7 Å². The van der Waals surface area contributed by atoms with Gasteiger partial charge in [0.1, 0.15) is 11.5 Å². The molecular weight excluding hydrogens is 180 g/mol. The molecule has 1 aromatic carbocycles. The van der Waals surface area contributed by atoms with E-state index in [4.69, 9.17) is 9.84 Å². The van der Waals surface area contributed by atoms with Gasteiger partial charge in [-0.25, -0.2) is 0 Å². The van der Waals surface area contributed by atoms with Gasteiger partial charge in [0.2, 0.25) is 0 Å². The van der Waals surface area contributed by atoms with Gasteiger partial charge in [0.25, 0.3) is 0 Å². The molecule has 0 heterocycles. The quantitative estimate of drug-likeness (QED) is 0.589. The van der Waals surface area contributed by atoms with Gasteiger partial charge in [0.05, 0.1) is 0 Å². The molecular formula is C11H13O3. The summed E-state index contributed by atoms with van der Waals surface area (Å²) in [4.78, 5) is 11.2. The highest BCUT2D eigenvalue weighted by atomic mass is 16.5. The Balaban J connectivity index is 2.47. The molecule has 0 aliphatic carbocycles. The molecule has 0 amide bonds. The van der Waals surface area contributed by atoms with Crippen LogP contribution in [-0.4, -0.2) is 11.1 Å². The first kappa shape index (κ1) is 10.6. The van der Waals surface area contributed by atoms with E-state index in [1.165, 1.54) is 12.1 Å². The molecule has 0 aliphatic heterocycles. The molecule has 0 fully saturated rings. The first-order chi connectivity index (χ1) is 6.72. The Kier molecular flexibility index (Phi) is 3.98. The smallest absolute Gasteiger partial charge is 0.311 e. The van der Waals surface area contributed by atoms with Crippen molar-refractivity contribution in [2.24, 2.45) is 0 Å². The van der Waals surface area contributed by atoms with Gasteiger partial charge in [-0.05, 0) is 18.6 Å². The minimum Gasteiger partial charge on any atom is -0.508 e. The summed E-state index contributed by atoms with van der Waals surface area (Å²) in [5, 5.41) is 9.10. The Morgan fingerprint density at radius 2 is 2.29 bits per heavy atom. The molecule has 0 aromatic heterocycles. The molecule has 1 rings (SSSR count). The number of hydrogen-bond donors (Lipinski definition) is 1. The van der Waals surface area contributed by atoms with E-state index in [9.17, 15) is 4.79 Å². The number of benzene rings is 1. The van der Waals surface area contributed by atoms with Crippen LogP contribution < -0.4 is 4.74 Å². The number of phenolic OH excluding ortho intramolecular Hbond substituents is 1. The van der Waals surface area contributed by atoms with Crippen LogP contribution in [0.15, 0.2) is 24.3 Å². The van der Waals surface area contributed by atoms with Gasteiger partial charge in [0, 0.05) is 12.5 Å². The Hall–Kier alpha value is -1.51. The van der Waals surface area contributed by atoms with E-state index < -0.39 is 0 Å². The average molecular weight is 193 g/mol. The summed E-state index contributed by atoms with van der Waals surface area (Å²) in [5.74, 6) is 0.172. The zero-order chi connectivity index (χ0) is 10.4. The monoisotopic (exact) mass is 193 g/mol. The molecule has 1 aromatic rings. The lowest BCUT2D eigenvalue weighted by Gasteiger charge is -2.03. The van der Waals surface area contributed by atoms with E-state index in [0.29, 0.717) is 12.2 Å². The van der Waals surface area contributed by atoms with Crippen LogP contribution in [0.3, 0.4) is 0 Å². The number of hydrogen-bond acceptors (Lipinski definition) is 3. The highest BCUT2D eigenvalue weighted by Gasteiger charge is 2.03. The standard InChI is InChI=1S/C11H13O3/c1-2-3-7-11(13)14-10-6-4-5-9(12)8-10/h4-6,8,12H,1-3,7H2. The summed E-state index contributed by atoms with van der Waals surface area (Å²) in [6, 6.07) is 6.18. The lowest BCUT2D eigenvalue weighted by molar-refractivity contribution is -0.134. The third-order valence-corrected chi connectivity index (χ3v) is 1.68. The fraction of sp³-hybridized carbons (Fsp3) is 0.273. The molecule has 0 saturated heterocycles. The molecule has 75 valence electrons. The SMILES string of the molecule is [CH2]CCCC(=O)Oc1cccc(O)c1. The summed E-state index contributed by atoms with van der Waals surface area (Å²) in [5.41, 5.74) is 0. The van der Waals surface area contributed by atoms with E-state index >= 15 is 0 Å². The molecule has 14 heavy (non-hydrogen) atoms. The fourth-order valence-electron chi connectivity index (χ4n) is 0.999. The van der Waals surface area contributed by atoms with Crippen molar-refractivity contribution >= 4 is 5.97 Å². The summed E-state index contributed by atoms with van der Waals surface area (Å²) in [6.45, 7) is 3.63. The van der Waals surface area contributed by atoms with Crippen LogP contribution in [0.2, 0.25) is 0 Å². The normalized spacial score (nSPS) is 9.79. The number of unbranched alkanes of at least 4 members (excludes halogenated alkanes) is 1. The highest BCUT2D eigenvalue weighted by Crippen LogP contribution is 2.18. The number of carbonyl (C=O) groups is 1. The number of carbonyl (C=O) groups excluding carboxylic acids is 1. The van der Waals surface area contributed by atoms with Crippen LogP contribution in [0.4, 0.5) is 0 Å². The lowest BCUT2D eigenvalue weighted by Crippen LogP contribution is -2.06. The van der Waals surface area contributed by atoms with Gasteiger partial charge >= 0.3 is 5.97 Å². The third kappa shape index (κ3) is 3.47. The minimum atomic E-state index is -0.292.